The molecule has 0 aliphatic heterocycles. The molecule has 3 aliphatic rings. The first-order valence-corrected chi connectivity index (χ1v) is 13.3. The number of nitrogens with two attached hydrogens (primary N) is 1. The average molecular weight is 550 g/mol. The topological polar surface area (TPSA) is 153 Å². The number of hydrogen-bond acceptors (Lipinski definition) is 6. The van der Waals surface area contributed by atoms with E-state index in [9.17, 15) is 19.1 Å². The van der Waals surface area contributed by atoms with Gasteiger partial charge in [-0.3, -0.25) is 14.3 Å². The predicted molar refractivity (Wildman–Crippen MR) is 141 cm³/mol. The van der Waals surface area contributed by atoms with Crippen LogP contribution < -0.4 is 5.73 Å². The number of nitrogens with zero attached hydrogens (tertiary/aromatic N) is 5. The number of rotatable bonds is 7. The van der Waals surface area contributed by atoms with Gasteiger partial charge in [0.25, 0.3) is 0 Å². The zero-order chi connectivity index (χ0) is 28.3. The number of aromatic amines is 1. The third-order valence-corrected chi connectivity index (χ3v) is 8.80. The molecule has 4 heterocycles. The molecular weight excluding hydrogens is 520 g/mol. The van der Waals surface area contributed by atoms with E-state index in [0.29, 0.717) is 22.2 Å². The summed E-state index contributed by atoms with van der Waals surface area (Å²) in [5, 5.41) is 14.7. The normalized spacial score (nSPS) is 22.6. The highest BCUT2D eigenvalue weighted by atomic mass is 19.1. The molecule has 3 aliphatic carbocycles. The second-order valence-electron chi connectivity index (χ2n) is 11.4. The second kappa shape index (κ2) is 9.46. The number of carboxylic acids is 1. The van der Waals surface area contributed by atoms with E-state index in [1.165, 1.54) is 23.1 Å². The Morgan fingerprint density at radius 2 is 1.88 bits per heavy atom. The molecule has 3 fully saturated rings. The van der Waals surface area contributed by atoms with Crippen molar-refractivity contribution in [2.45, 2.75) is 51.5 Å². The average Bonchev–Trinajstić information content (AvgIpc) is 3.58. The van der Waals surface area contributed by atoms with Gasteiger partial charge in [0.15, 0.2) is 11.6 Å². The fraction of sp³-hybridized carbons (Fsp3) is 0.429. The number of primary amides is 1. The number of amides is 1. The summed E-state index contributed by atoms with van der Waals surface area (Å²) in [4.78, 5) is 40.4. The Morgan fingerprint density at radius 1 is 1.15 bits per heavy atom. The van der Waals surface area contributed by atoms with Gasteiger partial charge in [0.2, 0.25) is 5.91 Å². The molecule has 4 N–H and O–H groups in total. The van der Waals surface area contributed by atoms with Gasteiger partial charge in [-0.2, -0.15) is 5.10 Å². The minimum Gasteiger partial charge on any atom is -0.481 e. The fourth-order valence-corrected chi connectivity index (χ4v) is 6.44. The highest BCUT2D eigenvalue weighted by Crippen LogP contribution is 2.50. The van der Waals surface area contributed by atoms with E-state index in [1.54, 1.807) is 20.0 Å². The Balaban J connectivity index is 1.50. The molecule has 0 spiro atoms. The van der Waals surface area contributed by atoms with E-state index in [1.807, 2.05) is 0 Å². The molecule has 0 unspecified atom stereocenters. The Labute approximate surface area is 228 Å². The van der Waals surface area contributed by atoms with Crippen LogP contribution in [0.2, 0.25) is 0 Å². The molecule has 0 aromatic carbocycles. The third kappa shape index (κ3) is 4.22. The number of halogens is 2. The number of aliphatic carboxylic acids is 1. The van der Waals surface area contributed by atoms with Crippen LogP contribution >= 0.6 is 0 Å². The number of H-pyrrole nitrogens is 1. The minimum atomic E-state index is -1.18. The number of fused-ring (bicyclic) bond motifs is 4. The first kappa shape index (κ1) is 26.0. The van der Waals surface area contributed by atoms with Crippen LogP contribution in [0.1, 0.15) is 45.2 Å². The largest absolute Gasteiger partial charge is 0.481 e. The highest BCUT2D eigenvalue weighted by molar-refractivity contribution is 5.91. The maximum absolute atomic E-state index is 16.3. The molecule has 4 aromatic heterocycles. The van der Waals surface area contributed by atoms with Crippen LogP contribution in [0.4, 0.5) is 8.78 Å². The molecule has 3 saturated carbocycles. The maximum atomic E-state index is 16.3. The van der Waals surface area contributed by atoms with Gasteiger partial charge in [-0.1, -0.05) is 0 Å². The molecule has 7 rings (SSSR count). The van der Waals surface area contributed by atoms with Crippen molar-refractivity contribution in [2.75, 3.05) is 0 Å². The van der Waals surface area contributed by atoms with Crippen molar-refractivity contribution in [1.29, 1.82) is 0 Å². The number of hydrogen-bond donors (Lipinski definition) is 3. The first-order valence-electron chi connectivity index (χ1n) is 13.3. The fourth-order valence-electron chi connectivity index (χ4n) is 6.44. The lowest BCUT2D eigenvalue weighted by Crippen LogP contribution is -2.45. The summed E-state index contributed by atoms with van der Waals surface area (Å²) >= 11 is 0. The van der Waals surface area contributed by atoms with Gasteiger partial charge in [0.1, 0.15) is 22.7 Å². The smallest absolute Gasteiger partial charge is 0.307 e. The maximum Gasteiger partial charge on any atom is 0.307 e. The van der Waals surface area contributed by atoms with E-state index < -0.39 is 35.0 Å². The summed E-state index contributed by atoms with van der Waals surface area (Å²) in [6.07, 6.45) is 9.23. The molecule has 0 radical (unpaired) electrons. The van der Waals surface area contributed by atoms with Crippen molar-refractivity contribution in [3.8, 4) is 22.6 Å². The lowest BCUT2D eigenvalue weighted by Gasteiger charge is -2.46. The summed E-state index contributed by atoms with van der Waals surface area (Å²) in [6.45, 7) is 3.19. The predicted octanol–water partition coefficient (Wildman–Crippen LogP) is 4.06. The summed E-state index contributed by atoms with van der Waals surface area (Å²) in [5.74, 6) is -3.18. The van der Waals surface area contributed by atoms with Crippen molar-refractivity contribution in [1.82, 2.24) is 29.7 Å². The number of carbonyl (C=O) groups excluding carboxylic acids is 1. The summed E-state index contributed by atoms with van der Waals surface area (Å²) in [7, 11) is 0. The molecule has 208 valence electrons. The number of carbonyl (C=O) groups is 2. The van der Waals surface area contributed by atoms with Crippen molar-refractivity contribution in [3.63, 3.8) is 0 Å². The van der Waals surface area contributed by atoms with Gasteiger partial charge >= 0.3 is 5.97 Å². The Hall–Kier alpha value is -4.22. The van der Waals surface area contributed by atoms with Gasteiger partial charge in [-0.25, -0.2) is 23.7 Å². The van der Waals surface area contributed by atoms with Crippen LogP contribution in [0.25, 0.3) is 33.7 Å². The highest BCUT2D eigenvalue weighted by Gasteiger charge is 2.47. The summed E-state index contributed by atoms with van der Waals surface area (Å²) in [5.41, 5.74) is 5.53. The molecule has 40 heavy (non-hydrogen) atoms. The van der Waals surface area contributed by atoms with E-state index in [2.05, 4.69) is 25.0 Å². The molecule has 4 aromatic rings. The second-order valence-corrected chi connectivity index (χ2v) is 11.4. The molecule has 2 bridgehead atoms. The Kier molecular flexibility index (Phi) is 6.15. The summed E-state index contributed by atoms with van der Waals surface area (Å²) < 4.78 is 31.7. The molecule has 10 nitrogen and oxygen atoms in total. The van der Waals surface area contributed by atoms with Crippen molar-refractivity contribution < 1.29 is 23.5 Å². The van der Waals surface area contributed by atoms with E-state index in [0.717, 1.165) is 31.9 Å². The van der Waals surface area contributed by atoms with Crippen LogP contribution in [0.15, 0.2) is 30.9 Å². The standard InChI is InChI=1S/C28H29F2N7O3/c1-28(2,27(31)40)37-12-15(9-34-37)23-22(30)20(8-17-13-3-5-14(6-4-13)21(17)26(38)39)35-25(36-23)19-11-33-24-18(19)7-16(29)10-32-24/h7,9-14,17,21H,3-6,8H2,1-2H3,(H2,31,40)(H,32,33)(H,38,39)/t13?,14?,17-,21-/m0/s1. The van der Waals surface area contributed by atoms with Crippen LogP contribution in [0.3, 0.4) is 0 Å². The van der Waals surface area contributed by atoms with E-state index in [4.69, 9.17) is 5.73 Å². The van der Waals surface area contributed by atoms with Crippen LogP contribution in [-0.2, 0) is 21.5 Å². The van der Waals surface area contributed by atoms with Crippen molar-refractivity contribution in [3.05, 3.63) is 48.2 Å². The number of nitrogens with one attached hydrogen (secondary N) is 1. The minimum absolute atomic E-state index is 0.0573. The van der Waals surface area contributed by atoms with Crippen LogP contribution in [-0.4, -0.2) is 46.7 Å². The van der Waals surface area contributed by atoms with Gasteiger partial charge < -0.3 is 15.8 Å². The van der Waals surface area contributed by atoms with E-state index in [-0.39, 0.29) is 41.4 Å². The SMILES string of the molecule is CC(C)(C(N)=O)n1cc(-c2nc(-c3c[nH]c4ncc(F)cc34)nc(C[C@H]3C4CCC(CC4)[C@@H]3C(=O)O)c2F)cn1. The molecule has 12 heteroatoms. The lowest BCUT2D eigenvalue weighted by atomic mass is 9.57. The molecule has 1 amide bonds. The quantitative estimate of drug-likeness (QED) is 0.314. The van der Waals surface area contributed by atoms with E-state index >= 15 is 4.39 Å². The number of pyridine rings is 1. The number of aromatic nitrogens is 6. The Morgan fingerprint density at radius 3 is 2.58 bits per heavy atom. The molecular formula is C28H29F2N7O3. The monoisotopic (exact) mass is 549 g/mol. The molecule has 0 saturated heterocycles. The van der Waals surface area contributed by atoms with Gasteiger partial charge in [-0.15, -0.1) is 0 Å². The zero-order valence-electron chi connectivity index (χ0n) is 22.1. The zero-order valence-corrected chi connectivity index (χ0v) is 22.1. The summed E-state index contributed by atoms with van der Waals surface area (Å²) in [6, 6.07) is 1.30. The molecule has 2 atom stereocenters. The van der Waals surface area contributed by atoms with Crippen molar-refractivity contribution in [2.24, 2.45) is 29.4 Å². The van der Waals surface area contributed by atoms with Crippen LogP contribution in [0, 0.1) is 35.3 Å². The first-order chi connectivity index (χ1) is 19.0. The van der Waals surface area contributed by atoms with Crippen molar-refractivity contribution >= 4 is 22.9 Å². The Bertz CT molecular complexity index is 1640. The third-order valence-electron chi connectivity index (χ3n) is 8.80. The van der Waals surface area contributed by atoms with Gasteiger partial charge in [0.05, 0.1) is 24.0 Å². The van der Waals surface area contributed by atoms with Crippen LogP contribution in [0.5, 0.6) is 0 Å². The lowest BCUT2D eigenvalue weighted by molar-refractivity contribution is -0.152. The van der Waals surface area contributed by atoms with Gasteiger partial charge in [-0.05, 0) is 69.8 Å². The van der Waals surface area contributed by atoms with Gasteiger partial charge in [0, 0.05) is 28.9 Å². The number of carboxylic acid groups (broad SMARTS) is 1.